The highest BCUT2D eigenvalue weighted by molar-refractivity contribution is 6.30. The zero-order valence-corrected chi connectivity index (χ0v) is 17.6. The summed E-state index contributed by atoms with van der Waals surface area (Å²) in [4.78, 5) is 39.2. The average Bonchev–Trinajstić information content (AvgIpc) is 2.72. The molecule has 0 spiro atoms. The van der Waals surface area contributed by atoms with Crippen molar-refractivity contribution in [1.29, 1.82) is 0 Å². The van der Waals surface area contributed by atoms with E-state index in [2.05, 4.69) is 11.2 Å². The number of carbonyl (C=O) groups excluding carboxylic acids is 2. The number of amides is 2. The number of hydrogen-bond donors (Lipinski definition) is 2. The number of benzene rings is 1. The van der Waals surface area contributed by atoms with Gasteiger partial charge in [0.1, 0.15) is 18.0 Å². The van der Waals surface area contributed by atoms with Crippen molar-refractivity contribution in [1.82, 2.24) is 14.9 Å². The van der Waals surface area contributed by atoms with Gasteiger partial charge >= 0.3 is 0 Å². The second-order valence-electron chi connectivity index (χ2n) is 7.17. The molecule has 3 rings (SSSR count). The minimum Gasteiger partial charge on any atom is -0.502 e. The van der Waals surface area contributed by atoms with Gasteiger partial charge in [-0.1, -0.05) is 17.7 Å². The molecule has 1 aliphatic heterocycles. The highest BCUT2D eigenvalue weighted by atomic mass is 35.5. The molecule has 8 nitrogen and oxygen atoms in total. The molecule has 1 aromatic carbocycles. The van der Waals surface area contributed by atoms with Crippen LogP contribution in [0.25, 0.3) is 0 Å². The van der Waals surface area contributed by atoms with Gasteiger partial charge in [-0.05, 0) is 19.1 Å². The quantitative estimate of drug-likeness (QED) is 0.681. The van der Waals surface area contributed by atoms with Gasteiger partial charge in [0, 0.05) is 36.8 Å². The van der Waals surface area contributed by atoms with Crippen LogP contribution in [0.3, 0.4) is 0 Å². The van der Waals surface area contributed by atoms with Crippen LogP contribution in [0.15, 0.2) is 29.2 Å². The lowest BCUT2D eigenvalue weighted by Crippen LogP contribution is -2.56. The molecule has 1 aromatic heterocycles. The molecule has 0 bridgehead atoms. The summed E-state index contributed by atoms with van der Waals surface area (Å²) in [6.07, 6.45) is 6.91. The first-order valence-electron chi connectivity index (χ1n) is 9.32. The number of hydrogen-bond acceptors (Lipinski definition) is 5. The van der Waals surface area contributed by atoms with E-state index in [0.717, 1.165) is 6.07 Å². The van der Waals surface area contributed by atoms with Crippen LogP contribution in [0, 0.1) is 18.2 Å². The third-order valence-corrected chi connectivity index (χ3v) is 5.20. The number of halogens is 2. The monoisotopic (exact) mass is 446 g/mol. The second kappa shape index (κ2) is 8.70. The van der Waals surface area contributed by atoms with Crippen molar-refractivity contribution in [3.05, 3.63) is 62.3 Å². The van der Waals surface area contributed by atoms with Crippen molar-refractivity contribution in [2.75, 3.05) is 18.7 Å². The molecule has 31 heavy (non-hydrogen) atoms. The van der Waals surface area contributed by atoms with Gasteiger partial charge in [-0.2, -0.15) is 0 Å². The summed E-state index contributed by atoms with van der Waals surface area (Å²) >= 11 is 5.72. The van der Waals surface area contributed by atoms with E-state index < -0.39 is 34.4 Å². The maximum Gasteiger partial charge on any atom is 0.277 e. The molecule has 0 saturated heterocycles. The number of nitrogens with one attached hydrogen (secondary N) is 1. The van der Waals surface area contributed by atoms with Gasteiger partial charge < -0.3 is 15.3 Å². The number of aromatic nitrogens is 1. The Morgan fingerprint density at radius 2 is 2.13 bits per heavy atom. The number of rotatable bonds is 5. The van der Waals surface area contributed by atoms with Crippen molar-refractivity contribution in [3.8, 4) is 18.1 Å². The first-order chi connectivity index (χ1) is 14.6. The number of pyridine rings is 1. The first kappa shape index (κ1) is 22.2. The molecule has 0 radical (unpaired) electrons. The van der Waals surface area contributed by atoms with Crippen molar-refractivity contribution < 1.29 is 19.1 Å². The van der Waals surface area contributed by atoms with Crippen LogP contribution in [-0.2, 0) is 6.54 Å². The molecular formula is C21H20ClFN4O4. The van der Waals surface area contributed by atoms with Gasteiger partial charge in [-0.15, -0.1) is 12.3 Å². The Hall–Kier alpha value is -3.51. The van der Waals surface area contributed by atoms with Crippen LogP contribution in [0.4, 0.5) is 4.39 Å². The standard InChI is InChI=1S/C21H20ClFN4O4/c1-4-5-12(2)27-11-25(3)21(31)17-19(29)18(28)15(10-26(17)27)20(30)24-9-13-6-7-14(22)8-16(13)23/h1,6-8,10,12,29H,5,9,11H2,2-3H3,(H,24,30)/t12-/m1/s1. The van der Waals surface area contributed by atoms with Gasteiger partial charge in [0.15, 0.2) is 11.4 Å². The number of nitrogens with zero attached hydrogens (tertiary/aromatic N) is 3. The molecule has 0 aliphatic carbocycles. The van der Waals surface area contributed by atoms with Crippen molar-refractivity contribution in [2.45, 2.75) is 25.9 Å². The number of aromatic hydroxyl groups is 1. The molecule has 0 unspecified atom stereocenters. The SMILES string of the molecule is C#CC[C@@H](C)N1CN(C)C(=O)c2c(O)c(=O)c(C(=O)NCc3ccc(Cl)cc3F)cn21. The Bertz CT molecular complexity index is 1160. The van der Waals surface area contributed by atoms with Gasteiger partial charge in [0.2, 0.25) is 5.43 Å². The third kappa shape index (κ3) is 4.20. The molecular weight excluding hydrogens is 427 g/mol. The molecule has 162 valence electrons. The predicted octanol–water partition coefficient (Wildman–Crippen LogP) is 1.67. The Morgan fingerprint density at radius 1 is 1.42 bits per heavy atom. The Morgan fingerprint density at radius 3 is 2.77 bits per heavy atom. The van der Waals surface area contributed by atoms with E-state index in [9.17, 15) is 23.9 Å². The molecule has 1 atom stereocenters. The summed E-state index contributed by atoms with van der Waals surface area (Å²) in [6.45, 7) is 1.74. The van der Waals surface area contributed by atoms with Gasteiger partial charge in [-0.3, -0.25) is 24.1 Å². The lowest BCUT2D eigenvalue weighted by atomic mass is 10.1. The largest absolute Gasteiger partial charge is 0.502 e. The van der Waals surface area contributed by atoms with Crippen LogP contribution < -0.4 is 15.8 Å². The molecule has 0 saturated carbocycles. The summed E-state index contributed by atoms with van der Waals surface area (Å²) in [5.41, 5.74) is -1.50. The van der Waals surface area contributed by atoms with Crippen LogP contribution in [0.5, 0.6) is 5.75 Å². The summed E-state index contributed by atoms with van der Waals surface area (Å²) in [6, 6.07) is 3.72. The second-order valence-corrected chi connectivity index (χ2v) is 7.61. The molecule has 0 fully saturated rings. The lowest BCUT2D eigenvalue weighted by Gasteiger charge is -2.41. The summed E-state index contributed by atoms with van der Waals surface area (Å²) in [7, 11) is 1.52. The summed E-state index contributed by atoms with van der Waals surface area (Å²) in [5.74, 6) is -0.340. The Labute approximate surface area is 182 Å². The first-order valence-corrected chi connectivity index (χ1v) is 9.70. The van der Waals surface area contributed by atoms with Crippen LogP contribution in [-0.4, -0.2) is 46.3 Å². The number of carbonyl (C=O) groups is 2. The van der Waals surface area contributed by atoms with Crippen LogP contribution >= 0.6 is 11.6 Å². The Kier molecular flexibility index (Phi) is 6.22. The fraction of sp³-hybridized carbons (Fsp3) is 0.286. The highest BCUT2D eigenvalue weighted by Gasteiger charge is 2.34. The fourth-order valence-corrected chi connectivity index (χ4v) is 3.41. The molecule has 2 amide bonds. The Balaban J connectivity index is 1.98. The van der Waals surface area contributed by atoms with E-state index in [1.807, 2.05) is 6.92 Å². The normalized spacial score (nSPS) is 14.1. The molecule has 2 N–H and O–H groups in total. The minimum atomic E-state index is -1.01. The van der Waals surface area contributed by atoms with E-state index in [1.165, 1.54) is 35.0 Å². The lowest BCUT2D eigenvalue weighted by molar-refractivity contribution is 0.0723. The van der Waals surface area contributed by atoms with Crippen molar-refractivity contribution in [3.63, 3.8) is 0 Å². The zero-order chi connectivity index (χ0) is 22.9. The van der Waals surface area contributed by atoms with Crippen LogP contribution in [0.1, 0.15) is 39.8 Å². The van der Waals surface area contributed by atoms with Crippen LogP contribution in [0.2, 0.25) is 5.02 Å². The predicted molar refractivity (Wildman–Crippen MR) is 113 cm³/mol. The van der Waals surface area contributed by atoms with E-state index >= 15 is 0 Å². The van der Waals surface area contributed by atoms with Gasteiger partial charge in [-0.25, -0.2) is 4.39 Å². The number of fused-ring (bicyclic) bond motifs is 1. The maximum atomic E-state index is 14.0. The topological polar surface area (TPSA) is 94.9 Å². The van der Waals surface area contributed by atoms with Gasteiger partial charge in [0.25, 0.3) is 11.8 Å². The molecule has 1 aliphatic rings. The van der Waals surface area contributed by atoms with E-state index in [-0.39, 0.29) is 35.5 Å². The smallest absolute Gasteiger partial charge is 0.277 e. The van der Waals surface area contributed by atoms with E-state index in [4.69, 9.17) is 18.0 Å². The molecule has 2 aromatic rings. The maximum absolute atomic E-state index is 14.0. The van der Waals surface area contributed by atoms with E-state index in [0.29, 0.717) is 6.42 Å². The van der Waals surface area contributed by atoms with E-state index in [1.54, 1.807) is 5.01 Å². The average molecular weight is 447 g/mol. The molecule has 10 heteroatoms. The highest BCUT2D eigenvalue weighted by Crippen LogP contribution is 2.22. The van der Waals surface area contributed by atoms with Crippen molar-refractivity contribution in [2.24, 2.45) is 0 Å². The minimum absolute atomic E-state index is 0.133. The van der Waals surface area contributed by atoms with Crippen molar-refractivity contribution >= 4 is 23.4 Å². The fourth-order valence-electron chi connectivity index (χ4n) is 3.25. The summed E-state index contributed by atoms with van der Waals surface area (Å²) in [5, 5.41) is 14.8. The number of terminal acetylenes is 1. The summed E-state index contributed by atoms with van der Waals surface area (Å²) < 4.78 is 15.2. The third-order valence-electron chi connectivity index (χ3n) is 4.97. The van der Waals surface area contributed by atoms with Gasteiger partial charge in [0.05, 0.1) is 6.04 Å². The zero-order valence-electron chi connectivity index (χ0n) is 16.9. The molecule has 2 heterocycles.